The van der Waals surface area contributed by atoms with Crippen LogP contribution in [0, 0.1) is 6.92 Å². The largest absolute Gasteiger partial charge is 0.497 e. The zero-order valence-corrected chi connectivity index (χ0v) is 22.5. The van der Waals surface area contributed by atoms with Crippen molar-refractivity contribution in [1.29, 1.82) is 0 Å². The summed E-state index contributed by atoms with van der Waals surface area (Å²) in [5, 5.41) is 16.2. The van der Waals surface area contributed by atoms with E-state index in [9.17, 15) is 4.79 Å². The van der Waals surface area contributed by atoms with Crippen molar-refractivity contribution < 1.29 is 9.53 Å². The van der Waals surface area contributed by atoms with Crippen molar-refractivity contribution in [1.82, 2.24) is 20.1 Å². The number of aromatic nitrogens is 3. The second-order valence-electron chi connectivity index (χ2n) is 7.71. The lowest BCUT2D eigenvalue weighted by atomic mass is 10.2. The fourth-order valence-electron chi connectivity index (χ4n) is 3.42. The molecule has 0 saturated carbocycles. The van der Waals surface area contributed by atoms with Crippen molar-refractivity contribution in [2.24, 2.45) is 0 Å². The number of aryl methyl sites for hydroxylation is 1. The third-order valence-corrected chi connectivity index (χ3v) is 7.09. The quantitative estimate of drug-likeness (QED) is 0.223. The molecule has 0 aliphatic heterocycles. The maximum atomic E-state index is 12.6. The number of nitrogens with one attached hydrogen (secondary N) is 2. The summed E-state index contributed by atoms with van der Waals surface area (Å²) >= 11 is 20.1. The van der Waals surface area contributed by atoms with Crippen molar-refractivity contribution in [3.63, 3.8) is 0 Å². The number of halogens is 3. The van der Waals surface area contributed by atoms with Crippen molar-refractivity contribution >= 4 is 58.3 Å². The Bertz CT molecular complexity index is 1380. The van der Waals surface area contributed by atoms with Gasteiger partial charge in [-0.15, -0.1) is 10.2 Å². The minimum absolute atomic E-state index is 0.104. The number of carbonyl (C=O) groups is 1. The van der Waals surface area contributed by atoms with E-state index < -0.39 is 6.03 Å². The summed E-state index contributed by atoms with van der Waals surface area (Å²) in [6.07, 6.45) is 0. The average Bonchev–Trinajstić information content (AvgIpc) is 3.28. The number of hydrogen-bond donors (Lipinski definition) is 2. The number of methoxy groups -OCH3 is 1. The van der Waals surface area contributed by atoms with Gasteiger partial charge in [0.1, 0.15) is 5.75 Å². The van der Waals surface area contributed by atoms with E-state index in [0.717, 1.165) is 22.6 Å². The number of amides is 2. The minimum atomic E-state index is -0.479. The molecule has 0 aliphatic carbocycles. The van der Waals surface area contributed by atoms with E-state index in [4.69, 9.17) is 39.5 Å². The first kappa shape index (κ1) is 26.2. The van der Waals surface area contributed by atoms with Gasteiger partial charge < -0.3 is 15.4 Å². The molecule has 11 heteroatoms. The smallest absolute Gasteiger partial charge is 0.319 e. The van der Waals surface area contributed by atoms with Gasteiger partial charge in [-0.2, -0.15) is 0 Å². The van der Waals surface area contributed by atoms with E-state index >= 15 is 0 Å². The molecule has 0 fully saturated rings. The van der Waals surface area contributed by atoms with Gasteiger partial charge in [0.25, 0.3) is 0 Å². The first-order valence-corrected chi connectivity index (χ1v) is 12.9. The van der Waals surface area contributed by atoms with Crippen molar-refractivity contribution in [3.05, 3.63) is 92.7 Å². The molecule has 3 aromatic carbocycles. The Balaban J connectivity index is 1.57. The van der Waals surface area contributed by atoms with Crippen molar-refractivity contribution in [3.8, 4) is 11.4 Å². The topological polar surface area (TPSA) is 81.1 Å². The fraction of sp³-hybridized carbons (Fsp3) is 0.160. The maximum Gasteiger partial charge on any atom is 0.319 e. The summed E-state index contributed by atoms with van der Waals surface area (Å²) in [5.41, 5.74) is 3.22. The number of benzene rings is 3. The SMILES string of the molecule is COc1cccc(CSc2nnc(CNC(=O)Nc3c(Cl)cccc3Cl)n2-c2cc(Cl)ccc2C)c1. The van der Waals surface area contributed by atoms with Crippen LogP contribution in [0.25, 0.3) is 5.69 Å². The molecule has 0 bridgehead atoms. The molecule has 0 atom stereocenters. The van der Waals surface area contributed by atoms with Crippen LogP contribution in [0.1, 0.15) is 17.0 Å². The first-order chi connectivity index (χ1) is 17.4. The lowest BCUT2D eigenvalue weighted by molar-refractivity contribution is 0.251. The van der Waals surface area contributed by atoms with Crippen LogP contribution in [0.3, 0.4) is 0 Å². The molecule has 0 unspecified atom stereocenters. The lowest BCUT2D eigenvalue weighted by Crippen LogP contribution is -2.29. The number of anilines is 1. The molecular formula is C25H22Cl3N5O2S. The Labute approximate surface area is 228 Å². The summed E-state index contributed by atoms with van der Waals surface area (Å²) in [5.74, 6) is 1.97. The Morgan fingerprint density at radius 1 is 1.03 bits per heavy atom. The predicted molar refractivity (Wildman–Crippen MR) is 146 cm³/mol. The number of carbonyl (C=O) groups excluding carboxylic acids is 1. The van der Waals surface area contributed by atoms with Crippen LogP contribution >= 0.6 is 46.6 Å². The molecule has 36 heavy (non-hydrogen) atoms. The highest BCUT2D eigenvalue weighted by molar-refractivity contribution is 7.98. The number of rotatable bonds is 8. The van der Waals surface area contributed by atoms with E-state index in [0.29, 0.717) is 37.5 Å². The average molecular weight is 563 g/mol. The second-order valence-corrected chi connectivity index (χ2v) is 9.90. The third kappa shape index (κ3) is 6.25. The number of nitrogens with zero attached hydrogens (tertiary/aromatic N) is 3. The molecule has 1 heterocycles. The molecule has 4 aromatic rings. The second kappa shape index (κ2) is 11.9. The van der Waals surface area contributed by atoms with Crippen molar-refractivity contribution in [2.45, 2.75) is 24.4 Å². The standard InChI is InChI=1S/C25H22Cl3N5O2S/c1-15-9-10-17(26)12-21(15)33-22(13-29-24(34)30-23-19(27)7-4-8-20(23)28)31-32-25(33)36-14-16-5-3-6-18(11-16)35-2/h3-12H,13-14H2,1-2H3,(H2,29,30,34). The molecule has 186 valence electrons. The van der Waals surface area contributed by atoms with Crippen LogP contribution in [0.15, 0.2) is 65.8 Å². The Kier molecular flexibility index (Phi) is 8.64. The van der Waals surface area contributed by atoms with Crippen molar-refractivity contribution in [2.75, 3.05) is 12.4 Å². The van der Waals surface area contributed by atoms with Crippen LogP contribution in [0.4, 0.5) is 10.5 Å². The molecule has 0 spiro atoms. The summed E-state index contributed by atoms with van der Waals surface area (Å²) in [4.78, 5) is 12.6. The van der Waals surface area contributed by atoms with Crippen LogP contribution in [-0.4, -0.2) is 27.9 Å². The van der Waals surface area contributed by atoms with Gasteiger partial charge >= 0.3 is 6.03 Å². The number of thioether (sulfide) groups is 1. The molecule has 0 saturated heterocycles. The van der Waals surface area contributed by atoms with Crippen LogP contribution in [0.2, 0.25) is 15.1 Å². The highest BCUT2D eigenvalue weighted by Gasteiger charge is 2.18. The van der Waals surface area contributed by atoms with Gasteiger partial charge in [0.05, 0.1) is 35.1 Å². The van der Waals surface area contributed by atoms with Gasteiger partial charge in [0, 0.05) is 10.8 Å². The zero-order chi connectivity index (χ0) is 25.7. The fourth-order valence-corrected chi connectivity index (χ4v) is 4.98. The van der Waals surface area contributed by atoms with Crippen LogP contribution in [-0.2, 0) is 12.3 Å². The highest BCUT2D eigenvalue weighted by Crippen LogP contribution is 2.31. The number of hydrogen-bond acceptors (Lipinski definition) is 5. The Morgan fingerprint density at radius 2 is 1.78 bits per heavy atom. The summed E-state index contributed by atoms with van der Waals surface area (Å²) in [6, 6.07) is 18.0. The Hall–Kier alpha value is -2.91. The van der Waals surface area contributed by atoms with Gasteiger partial charge in [-0.1, -0.05) is 70.8 Å². The van der Waals surface area contributed by atoms with Crippen LogP contribution in [0.5, 0.6) is 5.75 Å². The molecule has 2 amide bonds. The van der Waals surface area contributed by atoms with E-state index in [1.165, 1.54) is 11.8 Å². The normalized spacial score (nSPS) is 10.8. The molecule has 7 nitrogen and oxygen atoms in total. The van der Waals surface area contributed by atoms with Gasteiger partial charge in [-0.05, 0) is 54.4 Å². The Morgan fingerprint density at radius 3 is 2.53 bits per heavy atom. The lowest BCUT2D eigenvalue weighted by Gasteiger charge is -2.14. The molecule has 1 aromatic heterocycles. The van der Waals surface area contributed by atoms with E-state index in [1.807, 2.05) is 54.0 Å². The van der Waals surface area contributed by atoms with E-state index in [1.54, 1.807) is 25.3 Å². The molecular weight excluding hydrogens is 541 g/mol. The molecule has 4 rings (SSSR count). The van der Waals surface area contributed by atoms with Gasteiger partial charge in [0.15, 0.2) is 11.0 Å². The molecule has 0 aliphatic rings. The van der Waals surface area contributed by atoms with Gasteiger partial charge in [-0.3, -0.25) is 4.57 Å². The summed E-state index contributed by atoms with van der Waals surface area (Å²) < 4.78 is 7.22. The monoisotopic (exact) mass is 561 g/mol. The molecule has 0 radical (unpaired) electrons. The first-order valence-electron chi connectivity index (χ1n) is 10.8. The highest BCUT2D eigenvalue weighted by atomic mass is 35.5. The summed E-state index contributed by atoms with van der Waals surface area (Å²) in [7, 11) is 1.64. The number of urea groups is 1. The van der Waals surface area contributed by atoms with E-state index in [2.05, 4.69) is 20.8 Å². The zero-order valence-electron chi connectivity index (χ0n) is 19.4. The van der Waals surface area contributed by atoms with Crippen LogP contribution < -0.4 is 15.4 Å². The number of ether oxygens (including phenoxy) is 1. The summed E-state index contributed by atoms with van der Waals surface area (Å²) in [6.45, 7) is 2.08. The maximum absolute atomic E-state index is 12.6. The van der Waals surface area contributed by atoms with Gasteiger partial charge in [0.2, 0.25) is 0 Å². The molecule has 2 N–H and O–H groups in total. The van der Waals surface area contributed by atoms with Gasteiger partial charge in [-0.25, -0.2) is 4.79 Å². The predicted octanol–water partition coefficient (Wildman–Crippen LogP) is 7.16. The minimum Gasteiger partial charge on any atom is -0.497 e. The number of para-hydroxylation sites is 1. The van der Waals surface area contributed by atoms with E-state index in [-0.39, 0.29) is 6.54 Å². The third-order valence-electron chi connectivity index (χ3n) is 5.22.